The van der Waals surface area contributed by atoms with Crippen molar-refractivity contribution < 1.29 is 18.0 Å². The fourth-order valence-electron chi connectivity index (χ4n) is 3.78. The maximum Gasteiger partial charge on any atom is 0.243 e. The van der Waals surface area contributed by atoms with Crippen LogP contribution < -0.4 is 5.32 Å². The summed E-state index contributed by atoms with van der Waals surface area (Å²) in [6.07, 6.45) is 0.796. The Morgan fingerprint density at radius 1 is 1.05 bits per heavy atom. The molecule has 0 unspecified atom stereocenters. The predicted molar refractivity (Wildman–Crippen MR) is 146 cm³/mol. The normalized spacial score (nSPS) is 12.5. The van der Waals surface area contributed by atoms with Crippen molar-refractivity contribution in [3.05, 3.63) is 54.1 Å². The summed E-state index contributed by atoms with van der Waals surface area (Å²) in [6, 6.07) is 13.5. The first-order chi connectivity index (χ1) is 17.6. The van der Waals surface area contributed by atoms with E-state index in [4.69, 9.17) is 0 Å². The van der Waals surface area contributed by atoms with E-state index < -0.39 is 10.0 Å². The number of aromatic nitrogens is 3. The lowest BCUT2D eigenvalue weighted by atomic mass is 10.1. The number of hydrogen-bond donors (Lipinski definition) is 1. The number of carbonyl (C=O) groups excluding carboxylic acids is 2. The molecule has 1 amide bonds. The van der Waals surface area contributed by atoms with E-state index in [2.05, 4.69) is 15.5 Å². The Hall–Kier alpha value is -3.02. The number of Topliss-reactive ketones (excluding diaryl/α,β-unsaturated/α-hetero) is 1. The Kier molecular flexibility index (Phi) is 9.63. The van der Waals surface area contributed by atoms with Crippen LogP contribution in [0.4, 0.5) is 5.69 Å². The molecule has 1 atom stereocenters. The topological polar surface area (TPSA) is 114 Å². The smallest absolute Gasteiger partial charge is 0.243 e. The van der Waals surface area contributed by atoms with Gasteiger partial charge in [0, 0.05) is 35.9 Å². The van der Waals surface area contributed by atoms with Crippen molar-refractivity contribution in [3.63, 3.8) is 0 Å². The summed E-state index contributed by atoms with van der Waals surface area (Å²) in [4.78, 5) is 24.2. The standard InChI is InChI=1S/C26H33N5O4S2/c1-6-18(4)31-25(21-10-9-11-23(16-21)37(34,35)30(7-2)8-3)28-29-26(31)36-17-24(33)27-22-14-12-20(13-15-22)19(5)32/h9-16,18H,6-8,17H2,1-5H3,(H,27,33)/t18-/m1/s1. The van der Waals surface area contributed by atoms with Crippen molar-refractivity contribution in [2.24, 2.45) is 0 Å². The highest BCUT2D eigenvalue weighted by atomic mass is 32.2. The van der Waals surface area contributed by atoms with Crippen LogP contribution in [0.25, 0.3) is 11.4 Å². The molecular formula is C26H33N5O4S2. The van der Waals surface area contributed by atoms with E-state index in [1.54, 1.807) is 42.5 Å². The average molecular weight is 544 g/mol. The van der Waals surface area contributed by atoms with Crippen LogP contribution in [0.1, 0.15) is 57.4 Å². The number of sulfonamides is 1. The van der Waals surface area contributed by atoms with Gasteiger partial charge in [-0.3, -0.25) is 14.2 Å². The van der Waals surface area contributed by atoms with Crippen LogP contribution in [-0.2, 0) is 14.8 Å². The van der Waals surface area contributed by atoms with Crippen molar-refractivity contribution in [1.29, 1.82) is 0 Å². The van der Waals surface area contributed by atoms with E-state index in [-0.39, 0.29) is 28.4 Å². The van der Waals surface area contributed by atoms with Gasteiger partial charge in [-0.15, -0.1) is 10.2 Å². The summed E-state index contributed by atoms with van der Waals surface area (Å²) in [5, 5.41) is 12.1. The minimum absolute atomic E-state index is 0.0257. The van der Waals surface area contributed by atoms with Gasteiger partial charge in [-0.2, -0.15) is 4.31 Å². The molecule has 0 saturated carbocycles. The minimum Gasteiger partial charge on any atom is -0.325 e. The predicted octanol–water partition coefficient (Wildman–Crippen LogP) is 4.88. The SMILES string of the molecule is CC[C@@H](C)n1c(SCC(=O)Nc2ccc(C(C)=O)cc2)nnc1-c1cccc(S(=O)(=O)N(CC)CC)c1. The zero-order valence-corrected chi connectivity index (χ0v) is 23.4. The lowest BCUT2D eigenvalue weighted by molar-refractivity contribution is -0.113. The first-order valence-corrected chi connectivity index (χ1v) is 14.6. The van der Waals surface area contributed by atoms with E-state index in [1.807, 2.05) is 38.3 Å². The van der Waals surface area contributed by atoms with Gasteiger partial charge in [0.1, 0.15) is 0 Å². The third-order valence-electron chi connectivity index (χ3n) is 6.04. The van der Waals surface area contributed by atoms with E-state index in [9.17, 15) is 18.0 Å². The van der Waals surface area contributed by atoms with Gasteiger partial charge in [-0.05, 0) is 56.7 Å². The highest BCUT2D eigenvalue weighted by Gasteiger charge is 2.24. The molecule has 9 nitrogen and oxygen atoms in total. The van der Waals surface area contributed by atoms with E-state index in [0.29, 0.717) is 40.9 Å². The molecule has 2 aromatic carbocycles. The lowest BCUT2D eigenvalue weighted by Crippen LogP contribution is -2.30. The quantitative estimate of drug-likeness (QED) is 0.256. The van der Waals surface area contributed by atoms with Gasteiger partial charge in [0.15, 0.2) is 16.8 Å². The molecule has 1 heterocycles. The number of nitrogens with zero attached hydrogens (tertiary/aromatic N) is 4. The summed E-state index contributed by atoms with van der Waals surface area (Å²) in [5.41, 5.74) is 1.82. The van der Waals surface area contributed by atoms with Crippen LogP contribution in [0, 0.1) is 0 Å². The molecule has 11 heteroatoms. The largest absolute Gasteiger partial charge is 0.325 e. The highest BCUT2D eigenvalue weighted by molar-refractivity contribution is 7.99. The fraction of sp³-hybridized carbons (Fsp3) is 0.385. The zero-order chi connectivity index (χ0) is 27.2. The molecule has 0 fully saturated rings. The Morgan fingerprint density at radius 3 is 2.32 bits per heavy atom. The first-order valence-electron chi connectivity index (χ1n) is 12.2. The summed E-state index contributed by atoms with van der Waals surface area (Å²) < 4.78 is 29.5. The number of ketones is 1. The second-order valence-electron chi connectivity index (χ2n) is 8.52. The number of carbonyl (C=O) groups is 2. The summed E-state index contributed by atoms with van der Waals surface area (Å²) in [7, 11) is -3.62. The summed E-state index contributed by atoms with van der Waals surface area (Å²) >= 11 is 1.26. The monoisotopic (exact) mass is 543 g/mol. The molecule has 0 aliphatic carbocycles. The second kappa shape index (κ2) is 12.5. The maximum atomic E-state index is 13.1. The van der Waals surface area contributed by atoms with Crippen LogP contribution >= 0.6 is 11.8 Å². The third kappa shape index (κ3) is 6.65. The van der Waals surface area contributed by atoms with E-state index in [1.165, 1.54) is 23.0 Å². The van der Waals surface area contributed by atoms with Crippen molar-refractivity contribution in [2.45, 2.75) is 57.1 Å². The molecule has 0 aliphatic heterocycles. The van der Waals surface area contributed by atoms with Crippen molar-refractivity contribution in [1.82, 2.24) is 19.1 Å². The van der Waals surface area contributed by atoms with Gasteiger partial charge >= 0.3 is 0 Å². The molecule has 1 N–H and O–H groups in total. The zero-order valence-electron chi connectivity index (χ0n) is 21.8. The van der Waals surface area contributed by atoms with Crippen molar-refractivity contribution in [3.8, 4) is 11.4 Å². The molecular weight excluding hydrogens is 510 g/mol. The number of anilines is 1. The second-order valence-corrected chi connectivity index (χ2v) is 11.4. The number of rotatable bonds is 12. The van der Waals surface area contributed by atoms with E-state index >= 15 is 0 Å². The van der Waals surface area contributed by atoms with Crippen LogP contribution in [-0.4, -0.2) is 58.0 Å². The van der Waals surface area contributed by atoms with Crippen molar-refractivity contribution in [2.75, 3.05) is 24.2 Å². The third-order valence-corrected chi connectivity index (χ3v) is 9.03. The molecule has 0 radical (unpaired) electrons. The Balaban J connectivity index is 1.83. The number of nitrogens with one attached hydrogen (secondary N) is 1. The summed E-state index contributed by atoms with van der Waals surface area (Å²) in [6.45, 7) is 9.96. The average Bonchev–Trinajstić information content (AvgIpc) is 3.32. The lowest BCUT2D eigenvalue weighted by Gasteiger charge is -2.19. The van der Waals surface area contributed by atoms with Gasteiger partial charge in [0.05, 0.1) is 10.6 Å². The molecule has 3 aromatic rings. The van der Waals surface area contributed by atoms with Gasteiger partial charge in [-0.25, -0.2) is 8.42 Å². The highest BCUT2D eigenvalue weighted by Crippen LogP contribution is 2.30. The van der Waals surface area contributed by atoms with Gasteiger partial charge in [0.2, 0.25) is 15.9 Å². The molecule has 3 rings (SSSR count). The maximum absolute atomic E-state index is 13.1. The Morgan fingerprint density at radius 2 is 1.73 bits per heavy atom. The fourth-order valence-corrected chi connectivity index (χ4v) is 6.12. The van der Waals surface area contributed by atoms with Crippen molar-refractivity contribution >= 4 is 39.2 Å². The van der Waals surface area contributed by atoms with E-state index in [0.717, 1.165) is 6.42 Å². The molecule has 0 spiro atoms. The van der Waals surface area contributed by atoms with Gasteiger partial charge in [0.25, 0.3) is 0 Å². The van der Waals surface area contributed by atoms with Gasteiger partial charge in [-0.1, -0.05) is 44.7 Å². The Bertz CT molecular complexity index is 1350. The van der Waals surface area contributed by atoms with Gasteiger partial charge < -0.3 is 5.32 Å². The number of hydrogen-bond acceptors (Lipinski definition) is 7. The first kappa shape index (κ1) is 28.5. The molecule has 0 saturated heterocycles. The van der Waals surface area contributed by atoms with Crippen LogP contribution in [0.5, 0.6) is 0 Å². The molecule has 1 aromatic heterocycles. The number of thioether (sulfide) groups is 1. The molecule has 198 valence electrons. The Labute approximate surface area is 222 Å². The summed E-state index contributed by atoms with van der Waals surface area (Å²) in [5.74, 6) is 0.408. The van der Waals surface area contributed by atoms with Crippen LogP contribution in [0.15, 0.2) is 58.6 Å². The molecule has 0 aliphatic rings. The number of benzene rings is 2. The molecule has 0 bridgehead atoms. The molecule has 37 heavy (non-hydrogen) atoms. The van der Waals surface area contributed by atoms with Crippen LogP contribution in [0.2, 0.25) is 0 Å². The minimum atomic E-state index is -3.62. The number of amides is 1. The van der Waals surface area contributed by atoms with Crippen LogP contribution in [0.3, 0.4) is 0 Å².